The number of nitrogens with zero attached hydrogens (tertiary/aromatic N) is 5. The molecule has 2 atom stereocenters. The highest BCUT2D eigenvalue weighted by Crippen LogP contribution is 2.34. The third kappa shape index (κ3) is 7.11. The molecule has 0 saturated carbocycles. The normalized spacial score (nSPS) is 18.5. The van der Waals surface area contributed by atoms with Crippen LogP contribution in [0.2, 0.25) is 0 Å². The lowest BCUT2D eigenvalue weighted by Gasteiger charge is -2.27. The molecule has 2 fully saturated rings. The van der Waals surface area contributed by atoms with E-state index in [1.165, 1.54) is 0 Å². The molecule has 2 unspecified atom stereocenters. The highest BCUT2D eigenvalue weighted by Gasteiger charge is 2.36. The molecule has 248 valence electrons. The first kappa shape index (κ1) is 32.1. The topological polar surface area (TPSA) is 138 Å². The molecule has 3 aromatic heterocycles. The van der Waals surface area contributed by atoms with E-state index in [0.717, 1.165) is 48.5 Å². The number of hydrogen-bond acceptors (Lipinski definition) is 7. The molecular weight excluding hydrogens is 598 g/mol. The molecule has 0 bridgehead atoms. The number of ether oxygens (including phenoxy) is 2. The first-order valence-corrected chi connectivity index (χ1v) is 16.2. The third-order valence-corrected chi connectivity index (χ3v) is 8.27. The number of amides is 2. The highest BCUT2D eigenvalue weighted by atomic mass is 16.6. The van der Waals surface area contributed by atoms with Crippen LogP contribution in [0.25, 0.3) is 28.2 Å². The van der Waals surface area contributed by atoms with Gasteiger partial charge >= 0.3 is 12.2 Å². The van der Waals surface area contributed by atoms with Crippen molar-refractivity contribution < 1.29 is 19.1 Å². The summed E-state index contributed by atoms with van der Waals surface area (Å²) in [6, 6.07) is 10.7. The lowest BCUT2D eigenvalue weighted by atomic mass is 10.1. The summed E-state index contributed by atoms with van der Waals surface area (Å²) in [6.45, 7) is 12.4. The fourth-order valence-corrected chi connectivity index (χ4v) is 6.15. The lowest BCUT2D eigenvalue weighted by Crippen LogP contribution is -2.36. The zero-order valence-electron chi connectivity index (χ0n) is 27.9. The first-order chi connectivity index (χ1) is 22.3. The van der Waals surface area contributed by atoms with Gasteiger partial charge in [0, 0.05) is 36.6 Å². The number of rotatable bonds is 5. The fraction of sp³-hybridized carbons (Fsp3) is 0.457. The van der Waals surface area contributed by atoms with Crippen molar-refractivity contribution >= 4 is 12.2 Å². The molecule has 6 rings (SSSR count). The molecule has 47 heavy (non-hydrogen) atoms. The molecule has 2 saturated heterocycles. The maximum absolute atomic E-state index is 13.2. The van der Waals surface area contributed by atoms with Gasteiger partial charge in [-0.05, 0) is 91.0 Å². The molecule has 4 aromatic rings. The van der Waals surface area contributed by atoms with Crippen LogP contribution >= 0.6 is 0 Å². The Morgan fingerprint density at radius 2 is 1.23 bits per heavy atom. The van der Waals surface area contributed by atoms with E-state index in [9.17, 15) is 14.4 Å². The Balaban J connectivity index is 1.14. The predicted octanol–water partition coefficient (Wildman–Crippen LogP) is 6.76. The molecule has 12 nitrogen and oxygen atoms in total. The Labute approximate surface area is 274 Å². The van der Waals surface area contributed by atoms with Crippen molar-refractivity contribution in [1.29, 1.82) is 0 Å². The summed E-state index contributed by atoms with van der Waals surface area (Å²) in [7, 11) is 0. The second-order valence-corrected chi connectivity index (χ2v) is 14.2. The van der Waals surface area contributed by atoms with Crippen LogP contribution < -0.4 is 5.56 Å². The number of H-pyrrole nitrogens is 2. The van der Waals surface area contributed by atoms with E-state index in [-0.39, 0.29) is 29.8 Å². The summed E-state index contributed by atoms with van der Waals surface area (Å²) < 4.78 is 12.8. The van der Waals surface area contributed by atoms with Gasteiger partial charge in [0.1, 0.15) is 22.9 Å². The van der Waals surface area contributed by atoms with Gasteiger partial charge in [0.05, 0.1) is 35.9 Å². The number of nitrogens with one attached hydrogen (secondary N) is 2. The quantitative estimate of drug-likeness (QED) is 0.245. The minimum Gasteiger partial charge on any atom is -0.444 e. The van der Waals surface area contributed by atoms with Crippen LogP contribution in [0.3, 0.4) is 0 Å². The van der Waals surface area contributed by atoms with E-state index >= 15 is 0 Å². The molecule has 1 aromatic carbocycles. The Hall–Kier alpha value is -4.87. The SMILES string of the molecule is CC(C)(C)OC(=O)N1CCCC1c1ncc(-c2ccc(-n3ccc(-c4cnc(C5CCCN5C(=O)OC(C)(C)C)[nH]4)cc3=O)cc2)[nH]1. The number of carbonyl (C=O) groups excluding carboxylic acids is 2. The monoisotopic (exact) mass is 641 g/mol. The average molecular weight is 642 g/mol. The molecular formula is C35H43N7O5. The maximum Gasteiger partial charge on any atom is 0.410 e. The van der Waals surface area contributed by atoms with E-state index in [0.29, 0.717) is 30.2 Å². The molecule has 0 radical (unpaired) electrons. The van der Waals surface area contributed by atoms with Crippen molar-refractivity contribution in [3.63, 3.8) is 0 Å². The average Bonchev–Trinajstić information content (AvgIpc) is 3.81. The number of benzene rings is 1. The van der Waals surface area contributed by atoms with Gasteiger partial charge in [0.15, 0.2) is 0 Å². The second kappa shape index (κ2) is 12.4. The van der Waals surface area contributed by atoms with Crippen molar-refractivity contribution in [3.8, 4) is 28.2 Å². The fourth-order valence-electron chi connectivity index (χ4n) is 6.15. The Morgan fingerprint density at radius 1 is 0.745 bits per heavy atom. The van der Waals surface area contributed by atoms with E-state index in [2.05, 4.69) is 19.9 Å². The molecule has 12 heteroatoms. The summed E-state index contributed by atoms with van der Waals surface area (Å²) in [4.78, 5) is 58.1. The minimum absolute atomic E-state index is 0.164. The largest absolute Gasteiger partial charge is 0.444 e. The van der Waals surface area contributed by atoms with Gasteiger partial charge in [0.25, 0.3) is 5.56 Å². The predicted molar refractivity (Wildman–Crippen MR) is 177 cm³/mol. The molecule has 2 aliphatic rings. The van der Waals surface area contributed by atoms with Crippen LogP contribution in [-0.4, -0.2) is 70.8 Å². The van der Waals surface area contributed by atoms with Gasteiger partial charge in [-0.2, -0.15) is 0 Å². The van der Waals surface area contributed by atoms with Crippen LogP contribution in [0.1, 0.15) is 91.0 Å². The number of imidazole rings is 2. The number of carbonyl (C=O) groups is 2. The van der Waals surface area contributed by atoms with Crippen molar-refractivity contribution in [2.24, 2.45) is 0 Å². The molecule has 2 amide bonds. The van der Waals surface area contributed by atoms with Crippen LogP contribution in [0, 0.1) is 0 Å². The number of pyridine rings is 1. The van der Waals surface area contributed by atoms with Crippen molar-refractivity contribution in [2.45, 2.75) is 90.5 Å². The van der Waals surface area contributed by atoms with Gasteiger partial charge < -0.3 is 19.4 Å². The van der Waals surface area contributed by atoms with Crippen LogP contribution in [-0.2, 0) is 9.47 Å². The zero-order chi connectivity index (χ0) is 33.5. The third-order valence-electron chi connectivity index (χ3n) is 8.27. The van der Waals surface area contributed by atoms with Crippen molar-refractivity contribution in [3.05, 3.63) is 77.0 Å². The Bertz CT molecular complexity index is 1810. The number of likely N-dealkylation sites (tertiary alicyclic amines) is 2. The number of hydrogen-bond donors (Lipinski definition) is 2. The Kier molecular flexibility index (Phi) is 8.46. The van der Waals surface area contributed by atoms with Gasteiger partial charge in [-0.1, -0.05) is 12.1 Å². The van der Waals surface area contributed by atoms with E-state index in [1.807, 2.05) is 71.9 Å². The number of aromatic nitrogens is 5. The minimum atomic E-state index is -0.576. The highest BCUT2D eigenvalue weighted by molar-refractivity contribution is 5.70. The van der Waals surface area contributed by atoms with Gasteiger partial charge in [-0.15, -0.1) is 0 Å². The number of aromatic amines is 2. The van der Waals surface area contributed by atoms with Gasteiger partial charge in [0.2, 0.25) is 0 Å². The molecule has 2 N–H and O–H groups in total. The lowest BCUT2D eigenvalue weighted by molar-refractivity contribution is 0.0208. The van der Waals surface area contributed by atoms with Crippen LogP contribution in [0.5, 0.6) is 0 Å². The van der Waals surface area contributed by atoms with Crippen LogP contribution in [0.4, 0.5) is 9.59 Å². The summed E-state index contributed by atoms with van der Waals surface area (Å²) in [5.74, 6) is 1.40. The zero-order valence-corrected chi connectivity index (χ0v) is 27.9. The Morgan fingerprint density at radius 3 is 1.70 bits per heavy atom. The van der Waals surface area contributed by atoms with E-state index in [1.54, 1.807) is 39.0 Å². The molecule has 0 spiro atoms. The van der Waals surface area contributed by atoms with Crippen molar-refractivity contribution in [1.82, 2.24) is 34.3 Å². The molecule has 2 aliphatic heterocycles. The summed E-state index contributed by atoms with van der Waals surface area (Å²) in [5, 5.41) is 0. The second-order valence-electron chi connectivity index (χ2n) is 14.2. The summed E-state index contributed by atoms with van der Waals surface area (Å²) >= 11 is 0. The van der Waals surface area contributed by atoms with E-state index < -0.39 is 11.2 Å². The van der Waals surface area contributed by atoms with Gasteiger partial charge in [-0.3, -0.25) is 19.2 Å². The van der Waals surface area contributed by atoms with Crippen molar-refractivity contribution in [2.75, 3.05) is 13.1 Å². The summed E-state index contributed by atoms with van der Waals surface area (Å²) in [5.41, 5.74) is 2.56. The van der Waals surface area contributed by atoms with E-state index in [4.69, 9.17) is 9.47 Å². The smallest absolute Gasteiger partial charge is 0.410 e. The van der Waals surface area contributed by atoms with Gasteiger partial charge in [-0.25, -0.2) is 19.6 Å². The standard InChI is InChI=1S/C35H43N7O5/c1-34(2,3)46-32(44)41-16-7-9-27(41)30-36-20-25(38-30)22-11-13-24(14-12-22)40-18-15-23(19-29(40)43)26-21-37-31(39-26)28-10-8-17-42(28)33(45)47-35(4,5)6/h11-15,18-21,27-28H,7-10,16-17H2,1-6H3,(H,36,38)(H,37,39). The maximum atomic E-state index is 13.2. The molecule has 5 heterocycles. The first-order valence-electron chi connectivity index (χ1n) is 16.2. The summed E-state index contributed by atoms with van der Waals surface area (Å²) in [6.07, 6.45) is 7.89. The molecule has 0 aliphatic carbocycles. The van der Waals surface area contributed by atoms with Crippen LogP contribution in [0.15, 0.2) is 59.8 Å².